The Morgan fingerprint density at radius 2 is 1.38 bits per heavy atom. The van der Waals surface area contributed by atoms with Crippen LogP contribution in [0.2, 0.25) is 0 Å². The third kappa shape index (κ3) is 1.77. The number of nitrogens with zero attached hydrogens (tertiary/aromatic N) is 3. The average molecular weight is 186 g/mol. The van der Waals surface area contributed by atoms with Crippen LogP contribution in [0.3, 0.4) is 0 Å². The molecule has 0 saturated heterocycles. The van der Waals surface area contributed by atoms with Gasteiger partial charge in [0.2, 0.25) is 0 Å². The minimum atomic E-state index is 0.215. The fourth-order valence-electron chi connectivity index (χ4n) is 0.877. The lowest BCUT2D eigenvalue weighted by Crippen LogP contribution is -2.34. The lowest BCUT2D eigenvalue weighted by Gasteiger charge is -2.01. The summed E-state index contributed by atoms with van der Waals surface area (Å²) in [5, 5.41) is 0. The maximum Gasteiger partial charge on any atom is 0.478 e. The van der Waals surface area contributed by atoms with Crippen LogP contribution < -0.4 is 18.8 Å². The lowest BCUT2D eigenvalue weighted by atomic mass is 10.8. The number of aromatic nitrogens is 3. The Bertz CT molecular complexity index is 278. The normalized spacial score (nSPS) is 9.54. The maximum absolute atomic E-state index is 4.98. The zero-order valence-electron chi connectivity index (χ0n) is 8.07. The predicted molar refractivity (Wildman–Crippen MR) is 42.9 cm³/mol. The first-order chi connectivity index (χ1) is 6.22. The Morgan fingerprint density at radius 1 is 0.923 bits per heavy atom. The van der Waals surface area contributed by atoms with E-state index in [0.717, 1.165) is 0 Å². The largest absolute Gasteiger partial charge is 0.478 e. The molecule has 0 amide bonds. The van der Waals surface area contributed by atoms with E-state index in [9.17, 15) is 0 Å². The number of methoxy groups -OCH3 is 3. The van der Waals surface area contributed by atoms with Gasteiger partial charge in [0.25, 0.3) is 0 Å². The van der Waals surface area contributed by atoms with E-state index in [1.807, 2.05) is 0 Å². The Hall–Kier alpha value is -1.59. The van der Waals surface area contributed by atoms with Crippen LogP contribution >= 0.6 is 0 Å². The SMILES string of the molecule is COc1nc(OC)[n+](C)c(OC)n1. The highest BCUT2D eigenvalue weighted by Crippen LogP contribution is 2.09. The van der Waals surface area contributed by atoms with E-state index in [-0.39, 0.29) is 6.01 Å². The highest BCUT2D eigenvalue weighted by atomic mass is 16.5. The van der Waals surface area contributed by atoms with Gasteiger partial charge in [-0.2, -0.15) is 4.57 Å². The Balaban J connectivity index is 3.20. The van der Waals surface area contributed by atoms with Crippen molar-refractivity contribution in [3.8, 4) is 18.0 Å². The van der Waals surface area contributed by atoms with E-state index in [2.05, 4.69) is 9.97 Å². The monoisotopic (exact) mass is 186 g/mol. The Kier molecular flexibility index (Phi) is 2.84. The predicted octanol–water partition coefficient (Wildman–Crippen LogP) is -0.673. The quantitative estimate of drug-likeness (QED) is 0.586. The molecule has 0 atom stereocenters. The number of hydrogen-bond donors (Lipinski definition) is 0. The number of ether oxygens (including phenoxy) is 3. The zero-order chi connectivity index (χ0) is 9.84. The van der Waals surface area contributed by atoms with Gasteiger partial charge in [-0.05, 0) is 0 Å². The summed E-state index contributed by atoms with van der Waals surface area (Å²) in [6, 6.07) is 0.971. The third-order valence-corrected chi connectivity index (χ3v) is 1.50. The topological polar surface area (TPSA) is 57.4 Å². The summed E-state index contributed by atoms with van der Waals surface area (Å²) in [6.45, 7) is 0. The molecule has 0 radical (unpaired) electrons. The fraction of sp³-hybridized carbons (Fsp3) is 0.571. The molecule has 0 saturated carbocycles. The molecule has 6 nitrogen and oxygen atoms in total. The van der Waals surface area contributed by atoms with Gasteiger partial charge in [-0.1, -0.05) is 0 Å². The van der Waals surface area contributed by atoms with Gasteiger partial charge in [0.15, 0.2) is 0 Å². The first kappa shape index (κ1) is 9.50. The van der Waals surface area contributed by atoms with Gasteiger partial charge in [-0.3, -0.25) is 0 Å². The third-order valence-electron chi connectivity index (χ3n) is 1.50. The van der Waals surface area contributed by atoms with Gasteiger partial charge < -0.3 is 14.2 Å². The molecule has 1 aromatic heterocycles. The summed E-state index contributed by atoms with van der Waals surface area (Å²) in [5.41, 5.74) is 0. The molecule has 13 heavy (non-hydrogen) atoms. The first-order valence-electron chi connectivity index (χ1n) is 3.63. The van der Waals surface area contributed by atoms with Gasteiger partial charge in [-0.25, -0.2) is 0 Å². The second kappa shape index (κ2) is 3.88. The standard InChI is InChI=1S/C7H12N3O3/c1-10-6(12-3)8-5(11-2)9-7(10)13-4/h1-4H3/q+1. The first-order valence-corrected chi connectivity index (χ1v) is 3.63. The van der Waals surface area contributed by atoms with E-state index in [1.54, 1.807) is 11.6 Å². The van der Waals surface area contributed by atoms with Crippen molar-refractivity contribution in [2.45, 2.75) is 0 Å². The molecule has 1 aromatic rings. The van der Waals surface area contributed by atoms with Gasteiger partial charge in [0.1, 0.15) is 0 Å². The summed E-state index contributed by atoms with van der Waals surface area (Å²) in [5.74, 6) is 0. The van der Waals surface area contributed by atoms with Crippen molar-refractivity contribution in [2.75, 3.05) is 21.3 Å². The van der Waals surface area contributed by atoms with E-state index in [1.165, 1.54) is 21.3 Å². The van der Waals surface area contributed by atoms with E-state index >= 15 is 0 Å². The highest BCUT2D eigenvalue weighted by Gasteiger charge is 2.21. The lowest BCUT2D eigenvalue weighted by molar-refractivity contribution is -0.688. The van der Waals surface area contributed by atoms with Crippen molar-refractivity contribution in [1.82, 2.24) is 9.97 Å². The summed E-state index contributed by atoms with van der Waals surface area (Å²) in [6.07, 6.45) is 0. The van der Waals surface area contributed by atoms with Gasteiger partial charge in [0, 0.05) is 9.97 Å². The van der Waals surface area contributed by atoms with Crippen molar-refractivity contribution >= 4 is 0 Å². The molecule has 0 aliphatic carbocycles. The average Bonchev–Trinajstić information content (AvgIpc) is 2.18. The molecule has 0 aliphatic heterocycles. The molecule has 0 aliphatic rings. The molecule has 0 aromatic carbocycles. The maximum atomic E-state index is 4.98. The summed E-state index contributed by atoms with van der Waals surface area (Å²) >= 11 is 0. The van der Waals surface area contributed by atoms with Crippen molar-refractivity contribution < 1.29 is 18.8 Å². The van der Waals surface area contributed by atoms with Crippen LogP contribution in [0, 0.1) is 0 Å². The van der Waals surface area contributed by atoms with Crippen LogP contribution in [0.15, 0.2) is 0 Å². The van der Waals surface area contributed by atoms with Crippen LogP contribution in [0.4, 0.5) is 0 Å². The molecule has 0 unspecified atom stereocenters. The van der Waals surface area contributed by atoms with Crippen LogP contribution in [0.5, 0.6) is 18.0 Å². The molecule has 6 heteroatoms. The molecular weight excluding hydrogens is 174 g/mol. The van der Waals surface area contributed by atoms with Crippen molar-refractivity contribution in [1.29, 1.82) is 0 Å². The smallest absolute Gasteiger partial charge is 0.444 e. The second-order valence-corrected chi connectivity index (χ2v) is 2.24. The van der Waals surface area contributed by atoms with Gasteiger partial charge >= 0.3 is 18.0 Å². The van der Waals surface area contributed by atoms with Crippen molar-refractivity contribution in [2.24, 2.45) is 7.05 Å². The molecule has 1 heterocycles. The van der Waals surface area contributed by atoms with Crippen LogP contribution in [0.25, 0.3) is 0 Å². The molecule has 0 N–H and O–H groups in total. The van der Waals surface area contributed by atoms with Crippen molar-refractivity contribution in [3.05, 3.63) is 0 Å². The number of hydrogen-bond acceptors (Lipinski definition) is 5. The summed E-state index contributed by atoms with van der Waals surface area (Å²) in [7, 11) is 6.24. The molecule has 1 rings (SSSR count). The molecule has 0 fully saturated rings. The second-order valence-electron chi connectivity index (χ2n) is 2.24. The summed E-state index contributed by atoms with van der Waals surface area (Å²) in [4.78, 5) is 7.89. The molecular formula is C7H12N3O3+. The zero-order valence-corrected chi connectivity index (χ0v) is 8.07. The Labute approximate surface area is 76.1 Å². The van der Waals surface area contributed by atoms with Gasteiger partial charge in [0.05, 0.1) is 28.4 Å². The van der Waals surface area contributed by atoms with Crippen LogP contribution in [-0.2, 0) is 7.05 Å². The van der Waals surface area contributed by atoms with Gasteiger partial charge in [-0.15, -0.1) is 0 Å². The highest BCUT2D eigenvalue weighted by molar-refractivity contribution is 5.00. The molecule has 0 spiro atoms. The molecule has 0 bridgehead atoms. The minimum absolute atomic E-state index is 0.215. The van der Waals surface area contributed by atoms with E-state index < -0.39 is 0 Å². The molecule has 72 valence electrons. The summed E-state index contributed by atoms with van der Waals surface area (Å²) < 4.78 is 16.4. The van der Waals surface area contributed by atoms with E-state index in [0.29, 0.717) is 12.0 Å². The Morgan fingerprint density at radius 3 is 1.69 bits per heavy atom. The van der Waals surface area contributed by atoms with Crippen LogP contribution in [0.1, 0.15) is 0 Å². The number of rotatable bonds is 3. The van der Waals surface area contributed by atoms with E-state index in [4.69, 9.17) is 14.2 Å². The van der Waals surface area contributed by atoms with Crippen molar-refractivity contribution in [3.63, 3.8) is 0 Å². The fourth-order valence-corrected chi connectivity index (χ4v) is 0.877. The van der Waals surface area contributed by atoms with Crippen LogP contribution in [-0.4, -0.2) is 31.3 Å². The minimum Gasteiger partial charge on any atom is -0.444 e.